The first-order valence-corrected chi connectivity index (χ1v) is 9.33. The normalized spacial score (nSPS) is 18.9. The van der Waals surface area contributed by atoms with E-state index in [2.05, 4.69) is 0 Å². The number of piperazine rings is 1. The standard InChI is InChI=1S/C18H22Cl2N2O2/c19-15-7-3-6-14(17(15)20)18(24)22-10-8-21(9-11-22)16(23)12-13-4-1-2-5-13/h3,6-7,13H,1-2,4-5,8-12H2. The molecule has 130 valence electrons. The molecule has 1 aliphatic carbocycles. The summed E-state index contributed by atoms with van der Waals surface area (Å²) in [5, 5.41) is 0.678. The van der Waals surface area contributed by atoms with E-state index in [1.807, 2.05) is 4.90 Å². The van der Waals surface area contributed by atoms with Gasteiger partial charge in [-0.05, 0) is 30.9 Å². The molecule has 0 unspecified atom stereocenters. The Morgan fingerprint density at radius 1 is 1.00 bits per heavy atom. The van der Waals surface area contributed by atoms with E-state index in [1.165, 1.54) is 25.7 Å². The van der Waals surface area contributed by atoms with Crippen molar-refractivity contribution in [3.8, 4) is 0 Å². The highest BCUT2D eigenvalue weighted by molar-refractivity contribution is 6.43. The second kappa shape index (κ2) is 7.75. The minimum atomic E-state index is -0.120. The number of halogens is 2. The zero-order valence-electron chi connectivity index (χ0n) is 13.6. The van der Waals surface area contributed by atoms with E-state index in [4.69, 9.17) is 23.2 Å². The highest BCUT2D eigenvalue weighted by Gasteiger charge is 2.28. The molecule has 1 aromatic carbocycles. The maximum absolute atomic E-state index is 12.6. The second-order valence-electron chi connectivity index (χ2n) is 6.63. The molecule has 0 atom stereocenters. The van der Waals surface area contributed by atoms with Crippen LogP contribution in [0.1, 0.15) is 42.5 Å². The Morgan fingerprint density at radius 3 is 2.29 bits per heavy atom. The van der Waals surface area contributed by atoms with Crippen LogP contribution >= 0.6 is 23.2 Å². The molecule has 1 aliphatic heterocycles. The van der Waals surface area contributed by atoms with Crippen LogP contribution in [0.4, 0.5) is 0 Å². The maximum Gasteiger partial charge on any atom is 0.255 e. The van der Waals surface area contributed by atoms with Crippen LogP contribution < -0.4 is 0 Å². The molecule has 0 bridgehead atoms. The lowest BCUT2D eigenvalue weighted by atomic mass is 10.0. The minimum absolute atomic E-state index is 0.120. The lowest BCUT2D eigenvalue weighted by molar-refractivity contribution is -0.133. The average Bonchev–Trinajstić information content (AvgIpc) is 3.10. The van der Waals surface area contributed by atoms with Crippen molar-refractivity contribution in [1.82, 2.24) is 9.80 Å². The molecule has 2 amide bonds. The molecule has 2 fully saturated rings. The van der Waals surface area contributed by atoms with Gasteiger partial charge in [0.2, 0.25) is 5.91 Å². The highest BCUT2D eigenvalue weighted by Crippen LogP contribution is 2.29. The van der Waals surface area contributed by atoms with Crippen LogP contribution in [0.15, 0.2) is 18.2 Å². The van der Waals surface area contributed by atoms with Gasteiger partial charge in [0.1, 0.15) is 0 Å². The van der Waals surface area contributed by atoms with E-state index in [0.717, 1.165) is 0 Å². The Balaban J connectivity index is 1.55. The van der Waals surface area contributed by atoms with Gasteiger partial charge in [-0.15, -0.1) is 0 Å². The average molecular weight is 369 g/mol. The van der Waals surface area contributed by atoms with Gasteiger partial charge in [-0.3, -0.25) is 9.59 Å². The van der Waals surface area contributed by atoms with Crippen LogP contribution in [0, 0.1) is 5.92 Å². The number of carbonyl (C=O) groups excluding carboxylic acids is 2. The second-order valence-corrected chi connectivity index (χ2v) is 7.41. The molecule has 0 radical (unpaired) electrons. The molecule has 24 heavy (non-hydrogen) atoms. The molecule has 1 saturated carbocycles. The fourth-order valence-electron chi connectivity index (χ4n) is 3.59. The lowest BCUT2D eigenvalue weighted by Gasteiger charge is -2.35. The summed E-state index contributed by atoms with van der Waals surface area (Å²) in [5.41, 5.74) is 0.426. The van der Waals surface area contributed by atoms with Crippen molar-refractivity contribution in [3.05, 3.63) is 33.8 Å². The zero-order valence-corrected chi connectivity index (χ0v) is 15.2. The van der Waals surface area contributed by atoms with E-state index >= 15 is 0 Å². The predicted molar refractivity (Wildman–Crippen MR) is 95.5 cm³/mol. The van der Waals surface area contributed by atoms with Crippen LogP contribution in [0.5, 0.6) is 0 Å². The molecule has 1 aromatic rings. The van der Waals surface area contributed by atoms with Gasteiger partial charge in [-0.2, -0.15) is 0 Å². The highest BCUT2D eigenvalue weighted by atomic mass is 35.5. The summed E-state index contributed by atoms with van der Waals surface area (Å²) in [4.78, 5) is 28.6. The first kappa shape index (κ1) is 17.6. The molecular weight excluding hydrogens is 347 g/mol. The van der Waals surface area contributed by atoms with Crippen LogP contribution in [0.2, 0.25) is 10.0 Å². The summed E-state index contributed by atoms with van der Waals surface area (Å²) >= 11 is 12.1. The molecular formula is C18H22Cl2N2O2. The van der Waals surface area contributed by atoms with Gasteiger partial charge in [0, 0.05) is 32.6 Å². The Hall–Kier alpha value is -1.26. The molecule has 1 heterocycles. The monoisotopic (exact) mass is 368 g/mol. The quantitative estimate of drug-likeness (QED) is 0.812. The number of nitrogens with zero attached hydrogens (tertiary/aromatic N) is 2. The van der Waals surface area contributed by atoms with Crippen LogP contribution in [0.3, 0.4) is 0 Å². The summed E-state index contributed by atoms with van der Waals surface area (Å²) in [7, 11) is 0. The van der Waals surface area contributed by atoms with Crippen molar-refractivity contribution in [2.24, 2.45) is 5.92 Å². The van der Waals surface area contributed by atoms with E-state index in [-0.39, 0.29) is 11.8 Å². The van der Waals surface area contributed by atoms with E-state index in [1.54, 1.807) is 23.1 Å². The molecule has 0 N–H and O–H groups in total. The van der Waals surface area contributed by atoms with Gasteiger partial charge < -0.3 is 9.80 Å². The number of benzene rings is 1. The SMILES string of the molecule is O=C(CC1CCCC1)N1CCN(C(=O)c2cccc(Cl)c2Cl)CC1. The third-order valence-corrected chi connectivity index (χ3v) is 5.86. The van der Waals surface area contributed by atoms with Crippen LogP contribution in [0.25, 0.3) is 0 Å². The molecule has 0 spiro atoms. The summed E-state index contributed by atoms with van der Waals surface area (Å²) < 4.78 is 0. The molecule has 0 aromatic heterocycles. The lowest BCUT2D eigenvalue weighted by Crippen LogP contribution is -2.50. The van der Waals surface area contributed by atoms with Crippen molar-refractivity contribution >= 4 is 35.0 Å². The Bertz CT molecular complexity index is 621. The fraction of sp³-hybridized carbons (Fsp3) is 0.556. The molecule has 6 heteroatoms. The fourth-order valence-corrected chi connectivity index (χ4v) is 3.97. The molecule has 2 aliphatic rings. The first-order chi connectivity index (χ1) is 11.6. The van der Waals surface area contributed by atoms with E-state index in [0.29, 0.717) is 54.1 Å². The predicted octanol–water partition coefficient (Wildman–Crippen LogP) is 3.86. The van der Waals surface area contributed by atoms with Gasteiger partial charge in [-0.25, -0.2) is 0 Å². The Labute approximate surface area is 152 Å². The largest absolute Gasteiger partial charge is 0.339 e. The number of hydrogen-bond acceptors (Lipinski definition) is 2. The summed E-state index contributed by atoms with van der Waals surface area (Å²) in [6.07, 6.45) is 5.52. The summed E-state index contributed by atoms with van der Waals surface area (Å²) in [5.74, 6) is 0.669. The van der Waals surface area contributed by atoms with Gasteiger partial charge >= 0.3 is 0 Å². The molecule has 1 saturated heterocycles. The van der Waals surface area contributed by atoms with Crippen molar-refractivity contribution in [1.29, 1.82) is 0 Å². The molecule has 4 nitrogen and oxygen atoms in total. The minimum Gasteiger partial charge on any atom is -0.339 e. The van der Waals surface area contributed by atoms with Crippen molar-refractivity contribution < 1.29 is 9.59 Å². The number of rotatable bonds is 3. The van der Waals surface area contributed by atoms with E-state index < -0.39 is 0 Å². The Morgan fingerprint density at radius 2 is 1.62 bits per heavy atom. The zero-order chi connectivity index (χ0) is 17.1. The number of carbonyl (C=O) groups is 2. The van der Waals surface area contributed by atoms with Crippen molar-refractivity contribution in [3.63, 3.8) is 0 Å². The number of hydrogen-bond donors (Lipinski definition) is 0. The first-order valence-electron chi connectivity index (χ1n) is 8.57. The van der Waals surface area contributed by atoms with Gasteiger partial charge in [0.25, 0.3) is 5.91 Å². The third kappa shape index (κ3) is 3.86. The van der Waals surface area contributed by atoms with E-state index in [9.17, 15) is 9.59 Å². The van der Waals surface area contributed by atoms with Gasteiger partial charge in [-0.1, -0.05) is 42.1 Å². The molecule has 3 rings (SSSR count). The van der Waals surface area contributed by atoms with Crippen molar-refractivity contribution in [2.45, 2.75) is 32.1 Å². The maximum atomic E-state index is 12.6. The van der Waals surface area contributed by atoms with Crippen molar-refractivity contribution in [2.75, 3.05) is 26.2 Å². The summed E-state index contributed by atoms with van der Waals surface area (Å²) in [6.45, 7) is 2.27. The summed E-state index contributed by atoms with van der Waals surface area (Å²) in [6, 6.07) is 5.08. The topological polar surface area (TPSA) is 40.6 Å². The smallest absolute Gasteiger partial charge is 0.255 e. The number of amides is 2. The van der Waals surface area contributed by atoms with Gasteiger partial charge in [0.15, 0.2) is 0 Å². The third-order valence-electron chi connectivity index (χ3n) is 5.04. The Kier molecular flexibility index (Phi) is 5.67. The van der Waals surface area contributed by atoms with Crippen LogP contribution in [-0.2, 0) is 4.79 Å². The van der Waals surface area contributed by atoms with Crippen LogP contribution in [-0.4, -0.2) is 47.8 Å². The van der Waals surface area contributed by atoms with Gasteiger partial charge in [0.05, 0.1) is 15.6 Å².